The molecule has 0 bridgehead atoms. The normalized spacial score (nSPS) is 20.5. The molecule has 0 saturated carbocycles. The molecular formula is C24H27N5O3S. The summed E-state index contributed by atoms with van der Waals surface area (Å²) in [6.45, 7) is 5.78. The summed E-state index contributed by atoms with van der Waals surface area (Å²) in [5.41, 5.74) is 1.78. The molecule has 1 aromatic carbocycles. The highest BCUT2D eigenvalue weighted by molar-refractivity contribution is 7.15. The van der Waals surface area contributed by atoms with Gasteiger partial charge in [0.1, 0.15) is 0 Å². The lowest BCUT2D eigenvalue weighted by Gasteiger charge is -2.35. The Bertz CT molecular complexity index is 1220. The molecule has 0 unspecified atom stereocenters. The molecule has 2 fully saturated rings. The number of hydrogen-bond acceptors (Lipinski definition) is 6. The second kappa shape index (κ2) is 9.07. The zero-order chi connectivity index (χ0) is 22.9. The molecule has 9 heteroatoms. The van der Waals surface area contributed by atoms with E-state index in [9.17, 15) is 14.4 Å². The average molecular weight is 466 g/mol. The third-order valence-electron chi connectivity index (χ3n) is 6.68. The number of fused-ring (bicyclic) bond motifs is 1. The largest absolute Gasteiger partial charge is 0.340 e. The number of benzene rings is 1. The van der Waals surface area contributed by atoms with Gasteiger partial charge in [-0.1, -0.05) is 30.3 Å². The van der Waals surface area contributed by atoms with E-state index in [0.717, 1.165) is 24.3 Å². The molecule has 0 N–H and O–H groups in total. The number of carbonyl (C=O) groups is 2. The number of thiazole rings is 1. The maximum atomic E-state index is 13.2. The van der Waals surface area contributed by atoms with Crippen LogP contribution in [0.2, 0.25) is 0 Å². The van der Waals surface area contributed by atoms with Crippen LogP contribution in [0.1, 0.15) is 30.6 Å². The molecule has 0 spiro atoms. The minimum absolute atomic E-state index is 0.0365. The Morgan fingerprint density at radius 2 is 1.91 bits per heavy atom. The lowest BCUT2D eigenvalue weighted by atomic mass is 10.1. The van der Waals surface area contributed by atoms with E-state index in [2.05, 4.69) is 9.88 Å². The Morgan fingerprint density at radius 1 is 1.15 bits per heavy atom. The molecule has 0 radical (unpaired) electrons. The highest BCUT2D eigenvalue weighted by Crippen LogP contribution is 2.29. The molecule has 5 rings (SSSR count). The van der Waals surface area contributed by atoms with Crippen molar-refractivity contribution in [1.29, 1.82) is 0 Å². The van der Waals surface area contributed by atoms with Gasteiger partial charge in [-0.2, -0.15) is 0 Å². The molecular weight excluding hydrogens is 438 g/mol. The van der Waals surface area contributed by atoms with E-state index in [1.54, 1.807) is 16.7 Å². The van der Waals surface area contributed by atoms with Crippen molar-refractivity contribution in [3.8, 4) is 0 Å². The fourth-order valence-corrected chi connectivity index (χ4v) is 5.50. The van der Waals surface area contributed by atoms with Crippen molar-refractivity contribution in [1.82, 2.24) is 24.1 Å². The standard InChI is InChI=1S/C24H27N5O3S/c1-17(18-5-3-2-4-6-18)29-15-19(13-21(29)30)23(32)27-9-7-26(8-10-27)16-20-14-22(31)28-11-12-33-24(28)25-20/h2-6,11-12,14,17,19H,7-10,13,15-16H2,1H3/t17-,19+/m0/s1. The van der Waals surface area contributed by atoms with E-state index in [4.69, 9.17) is 0 Å². The fraction of sp³-hybridized carbons (Fsp3) is 0.417. The van der Waals surface area contributed by atoms with E-state index in [1.807, 2.05) is 52.4 Å². The molecule has 2 aliphatic heterocycles. The summed E-state index contributed by atoms with van der Waals surface area (Å²) in [4.78, 5) is 49.2. The fourth-order valence-electron chi connectivity index (χ4n) is 4.77. The highest BCUT2D eigenvalue weighted by Gasteiger charge is 2.39. The minimum Gasteiger partial charge on any atom is -0.340 e. The quantitative estimate of drug-likeness (QED) is 0.576. The second-order valence-electron chi connectivity index (χ2n) is 8.78. The average Bonchev–Trinajstić information content (AvgIpc) is 3.46. The third-order valence-corrected chi connectivity index (χ3v) is 7.44. The van der Waals surface area contributed by atoms with Crippen molar-refractivity contribution in [2.24, 2.45) is 5.92 Å². The zero-order valence-corrected chi connectivity index (χ0v) is 19.4. The summed E-state index contributed by atoms with van der Waals surface area (Å²) in [5.74, 6) is -0.162. The number of amides is 2. The van der Waals surface area contributed by atoms with E-state index in [0.29, 0.717) is 31.1 Å². The summed E-state index contributed by atoms with van der Waals surface area (Å²) in [6, 6.07) is 11.5. The Labute approximate surface area is 196 Å². The van der Waals surface area contributed by atoms with Crippen LogP contribution >= 0.6 is 11.3 Å². The van der Waals surface area contributed by atoms with Crippen LogP contribution in [0.4, 0.5) is 0 Å². The van der Waals surface area contributed by atoms with Crippen molar-refractivity contribution >= 4 is 28.1 Å². The van der Waals surface area contributed by atoms with Gasteiger partial charge in [-0.3, -0.25) is 23.7 Å². The molecule has 2 saturated heterocycles. The molecule has 172 valence electrons. The molecule has 3 aromatic rings. The van der Waals surface area contributed by atoms with E-state index in [-0.39, 0.29) is 35.8 Å². The van der Waals surface area contributed by atoms with Gasteiger partial charge in [0.2, 0.25) is 11.8 Å². The molecule has 2 aliphatic rings. The Morgan fingerprint density at radius 3 is 2.67 bits per heavy atom. The number of nitrogens with zero attached hydrogens (tertiary/aromatic N) is 5. The van der Waals surface area contributed by atoms with Crippen LogP contribution in [0.15, 0.2) is 52.8 Å². The summed E-state index contributed by atoms with van der Waals surface area (Å²) in [7, 11) is 0. The molecule has 8 nitrogen and oxygen atoms in total. The van der Waals surface area contributed by atoms with Gasteiger partial charge in [0.05, 0.1) is 17.7 Å². The van der Waals surface area contributed by atoms with E-state index >= 15 is 0 Å². The number of hydrogen-bond donors (Lipinski definition) is 0. The van der Waals surface area contributed by atoms with Crippen LogP contribution < -0.4 is 5.56 Å². The summed E-state index contributed by atoms with van der Waals surface area (Å²) < 4.78 is 1.55. The van der Waals surface area contributed by atoms with E-state index in [1.165, 1.54) is 11.3 Å². The first-order chi connectivity index (χ1) is 16.0. The van der Waals surface area contributed by atoms with Crippen LogP contribution in [-0.2, 0) is 16.1 Å². The van der Waals surface area contributed by atoms with Crippen LogP contribution in [-0.4, -0.2) is 68.6 Å². The Balaban J connectivity index is 1.17. The van der Waals surface area contributed by atoms with Crippen molar-refractivity contribution in [2.75, 3.05) is 32.7 Å². The smallest absolute Gasteiger partial charge is 0.258 e. The van der Waals surface area contributed by atoms with Gasteiger partial charge >= 0.3 is 0 Å². The van der Waals surface area contributed by atoms with Crippen LogP contribution in [0.3, 0.4) is 0 Å². The minimum atomic E-state index is -0.279. The lowest BCUT2D eigenvalue weighted by Crippen LogP contribution is -2.50. The first-order valence-corrected chi connectivity index (χ1v) is 12.2. The van der Waals surface area contributed by atoms with Gasteiger partial charge in [0.15, 0.2) is 4.96 Å². The maximum absolute atomic E-state index is 13.2. The van der Waals surface area contributed by atoms with Crippen LogP contribution in [0.25, 0.3) is 4.96 Å². The molecule has 0 aliphatic carbocycles. The van der Waals surface area contributed by atoms with Crippen molar-refractivity contribution in [2.45, 2.75) is 25.9 Å². The molecule has 4 heterocycles. The number of aromatic nitrogens is 2. The monoisotopic (exact) mass is 465 g/mol. The SMILES string of the molecule is C[C@@H](c1ccccc1)N1C[C@H](C(=O)N2CCN(Cc3cc(=O)n4ccsc4n3)CC2)CC1=O. The Kier molecular flexibility index (Phi) is 5.99. The molecule has 2 atom stereocenters. The number of rotatable bonds is 5. The number of likely N-dealkylation sites (tertiary alicyclic amines) is 1. The summed E-state index contributed by atoms with van der Waals surface area (Å²) >= 11 is 1.45. The summed E-state index contributed by atoms with van der Waals surface area (Å²) in [6.07, 6.45) is 2.02. The van der Waals surface area contributed by atoms with Crippen molar-refractivity contribution < 1.29 is 9.59 Å². The van der Waals surface area contributed by atoms with Crippen LogP contribution in [0, 0.1) is 5.92 Å². The first kappa shape index (κ1) is 21.8. The second-order valence-corrected chi connectivity index (χ2v) is 9.65. The highest BCUT2D eigenvalue weighted by atomic mass is 32.1. The van der Waals surface area contributed by atoms with Crippen LogP contribution in [0.5, 0.6) is 0 Å². The molecule has 2 aromatic heterocycles. The number of carbonyl (C=O) groups excluding carboxylic acids is 2. The van der Waals surface area contributed by atoms with Crippen molar-refractivity contribution in [3.05, 3.63) is 69.6 Å². The van der Waals surface area contributed by atoms with E-state index < -0.39 is 0 Å². The van der Waals surface area contributed by atoms with Gasteiger partial charge in [-0.25, -0.2) is 4.98 Å². The van der Waals surface area contributed by atoms with Gasteiger partial charge in [-0.05, 0) is 12.5 Å². The lowest BCUT2D eigenvalue weighted by molar-refractivity contribution is -0.137. The molecule has 33 heavy (non-hydrogen) atoms. The number of piperazine rings is 1. The van der Waals surface area contributed by atoms with Gasteiger partial charge in [-0.15, -0.1) is 11.3 Å². The maximum Gasteiger partial charge on any atom is 0.258 e. The predicted molar refractivity (Wildman–Crippen MR) is 126 cm³/mol. The first-order valence-electron chi connectivity index (χ1n) is 11.3. The topological polar surface area (TPSA) is 78.2 Å². The Hall–Kier alpha value is -3.04. The van der Waals surface area contributed by atoms with Gasteiger partial charge in [0.25, 0.3) is 5.56 Å². The van der Waals surface area contributed by atoms with Gasteiger partial charge < -0.3 is 9.80 Å². The predicted octanol–water partition coefficient (Wildman–Crippen LogP) is 2.01. The summed E-state index contributed by atoms with van der Waals surface area (Å²) in [5, 5.41) is 1.85. The third kappa shape index (κ3) is 4.43. The van der Waals surface area contributed by atoms with Crippen molar-refractivity contribution in [3.63, 3.8) is 0 Å². The zero-order valence-electron chi connectivity index (χ0n) is 18.6. The van der Waals surface area contributed by atoms with Gasteiger partial charge in [0, 0.05) is 63.3 Å². The molecule has 2 amide bonds.